The second kappa shape index (κ2) is 7.26. The maximum absolute atomic E-state index is 11.3. The zero-order valence-electron chi connectivity index (χ0n) is 13.3. The molecule has 0 radical (unpaired) electrons. The minimum absolute atomic E-state index is 0. The zero-order chi connectivity index (χ0) is 14.4. The van der Waals surface area contributed by atoms with E-state index in [0.29, 0.717) is 6.07 Å². The summed E-state index contributed by atoms with van der Waals surface area (Å²) in [6, 6.07) is 5.86. The van der Waals surface area contributed by atoms with Gasteiger partial charge in [0.25, 0.3) is 20.2 Å². The molecule has 4 N–H and O–H groups in total. The van der Waals surface area contributed by atoms with Crippen molar-refractivity contribution in [3.05, 3.63) is 30.3 Å². The Hall–Kier alpha value is 0.320. The summed E-state index contributed by atoms with van der Waals surface area (Å²) in [5, 5.41) is 0.270. The fraction of sp³-hybridized carbons (Fsp3) is 0. The van der Waals surface area contributed by atoms with Crippen molar-refractivity contribution < 1.29 is 87.9 Å². The summed E-state index contributed by atoms with van der Waals surface area (Å²) < 4.78 is 62.8. The van der Waals surface area contributed by atoms with Gasteiger partial charge >= 0.3 is 59.1 Å². The molecule has 0 amide bonds. The van der Waals surface area contributed by atoms with Gasteiger partial charge < -0.3 is 8.59 Å². The van der Waals surface area contributed by atoms with Crippen LogP contribution in [0.25, 0.3) is 10.8 Å². The summed E-state index contributed by atoms with van der Waals surface area (Å²) in [6.07, 6.45) is 0. The number of nitrogens with two attached hydrogens (primary N) is 1. The normalized spacial score (nSPS) is 11.5. The van der Waals surface area contributed by atoms with Gasteiger partial charge in [0, 0.05) is 11.1 Å². The Kier molecular flexibility index (Phi) is 7.37. The Morgan fingerprint density at radius 2 is 1.48 bits per heavy atom. The third kappa shape index (κ3) is 4.90. The molecular formula is C10H11NNa2O6S2. The standard InChI is InChI=1S/C10H9NO6S2.2Na.2H/c11-7-2-1-6-3-8(18(12,13)14)5-10(9(6)4-7)19(15,16)17;;;;/h1-5H,11H2,(H,12,13,14)(H,15,16,17);;;;/q;2*+1;2*-1. The first-order valence-corrected chi connectivity index (χ1v) is 7.75. The first-order valence-electron chi connectivity index (χ1n) is 4.87. The van der Waals surface area contributed by atoms with Crippen LogP contribution in [0.4, 0.5) is 5.69 Å². The monoisotopic (exact) mass is 351 g/mol. The number of rotatable bonds is 2. The van der Waals surface area contributed by atoms with Gasteiger partial charge in [0.15, 0.2) is 0 Å². The average Bonchev–Trinajstić information content (AvgIpc) is 2.24. The Morgan fingerprint density at radius 1 is 0.905 bits per heavy atom. The molecule has 0 bridgehead atoms. The molecule has 0 aliphatic rings. The molecule has 0 heterocycles. The third-order valence-electron chi connectivity index (χ3n) is 2.49. The van der Waals surface area contributed by atoms with E-state index in [0.717, 1.165) is 6.07 Å². The smallest absolute Gasteiger partial charge is 1.00 e. The molecule has 21 heavy (non-hydrogen) atoms. The summed E-state index contributed by atoms with van der Waals surface area (Å²) in [7, 11) is -9.25. The average molecular weight is 351 g/mol. The predicted molar refractivity (Wildman–Crippen MR) is 70.2 cm³/mol. The first-order chi connectivity index (χ1) is 8.59. The van der Waals surface area contributed by atoms with Crippen molar-refractivity contribution in [3.8, 4) is 0 Å². The van der Waals surface area contributed by atoms with Crippen LogP contribution < -0.4 is 64.8 Å². The number of hydrogen-bond donors (Lipinski definition) is 3. The van der Waals surface area contributed by atoms with Gasteiger partial charge in [0.1, 0.15) is 4.90 Å². The molecule has 0 unspecified atom stereocenters. The summed E-state index contributed by atoms with van der Waals surface area (Å²) in [4.78, 5) is -1.26. The molecule has 0 aromatic heterocycles. The summed E-state index contributed by atoms with van der Waals surface area (Å²) in [5.41, 5.74) is 5.76. The first kappa shape index (κ1) is 21.3. The van der Waals surface area contributed by atoms with Crippen molar-refractivity contribution in [2.24, 2.45) is 0 Å². The van der Waals surface area contributed by atoms with E-state index < -0.39 is 30.0 Å². The Labute approximate surface area is 169 Å². The van der Waals surface area contributed by atoms with E-state index >= 15 is 0 Å². The van der Waals surface area contributed by atoms with Gasteiger partial charge in [0.2, 0.25) is 0 Å². The van der Waals surface area contributed by atoms with E-state index in [1.807, 2.05) is 0 Å². The number of hydrogen-bond acceptors (Lipinski definition) is 5. The van der Waals surface area contributed by atoms with E-state index in [1.165, 1.54) is 18.2 Å². The minimum atomic E-state index is -4.66. The topological polar surface area (TPSA) is 135 Å². The molecule has 106 valence electrons. The van der Waals surface area contributed by atoms with Gasteiger partial charge in [-0.1, -0.05) is 6.07 Å². The molecule has 0 atom stereocenters. The van der Waals surface area contributed by atoms with Crippen molar-refractivity contribution in [1.29, 1.82) is 0 Å². The molecule has 2 aromatic carbocycles. The van der Waals surface area contributed by atoms with Gasteiger partial charge in [-0.25, -0.2) is 0 Å². The van der Waals surface area contributed by atoms with Crippen LogP contribution in [0.1, 0.15) is 2.85 Å². The van der Waals surface area contributed by atoms with Gasteiger partial charge in [-0.15, -0.1) is 0 Å². The van der Waals surface area contributed by atoms with Gasteiger partial charge in [-0.2, -0.15) is 16.8 Å². The Bertz CT molecular complexity index is 890. The van der Waals surface area contributed by atoms with Crippen LogP contribution >= 0.6 is 0 Å². The van der Waals surface area contributed by atoms with Crippen LogP contribution in [0.2, 0.25) is 0 Å². The van der Waals surface area contributed by atoms with E-state index in [2.05, 4.69) is 0 Å². The number of anilines is 1. The second-order valence-electron chi connectivity index (χ2n) is 3.85. The van der Waals surface area contributed by atoms with Gasteiger partial charge in [-0.05, 0) is 29.7 Å². The van der Waals surface area contributed by atoms with Crippen LogP contribution in [-0.4, -0.2) is 25.9 Å². The molecule has 0 aliphatic carbocycles. The van der Waals surface area contributed by atoms with Gasteiger partial charge in [-0.3, -0.25) is 9.11 Å². The largest absolute Gasteiger partial charge is 1.00 e. The molecule has 7 nitrogen and oxygen atoms in total. The SMILES string of the molecule is Nc1ccc2cc(S(=O)(=O)O)cc(S(=O)(=O)O)c2c1.[H-].[H-].[Na+].[Na+]. The fourth-order valence-corrected chi connectivity index (χ4v) is 3.03. The number of fused-ring (bicyclic) bond motifs is 1. The second-order valence-corrected chi connectivity index (χ2v) is 6.66. The quantitative estimate of drug-likeness (QED) is 0.281. The van der Waals surface area contributed by atoms with Crippen LogP contribution in [0.3, 0.4) is 0 Å². The van der Waals surface area contributed by atoms with Crippen LogP contribution in [-0.2, 0) is 20.2 Å². The summed E-state index contributed by atoms with van der Waals surface area (Å²) in [6.45, 7) is 0. The van der Waals surface area contributed by atoms with E-state index in [9.17, 15) is 16.8 Å². The Morgan fingerprint density at radius 3 is 1.95 bits per heavy atom. The van der Waals surface area contributed by atoms with Crippen molar-refractivity contribution in [3.63, 3.8) is 0 Å². The molecule has 0 saturated carbocycles. The zero-order valence-corrected chi connectivity index (χ0v) is 16.9. The van der Waals surface area contributed by atoms with Crippen LogP contribution in [0.5, 0.6) is 0 Å². The van der Waals surface area contributed by atoms with Crippen molar-refractivity contribution >= 4 is 36.7 Å². The molecule has 2 aromatic rings. The molecule has 11 heteroatoms. The minimum Gasteiger partial charge on any atom is -1.00 e. The molecule has 2 rings (SSSR count). The number of nitrogen functional groups attached to an aromatic ring is 1. The van der Waals surface area contributed by atoms with E-state index in [4.69, 9.17) is 14.8 Å². The third-order valence-corrected chi connectivity index (χ3v) is 4.21. The summed E-state index contributed by atoms with van der Waals surface area (Å²) in [5.74, 6) is 0. The Balaban J connectivity index is -0.000001000. The maximum atomic E-state index is 11.3. The molecule has 0 saturated heterocycles. The van der Waals surface area contributed by atoms with Crippen molar-refractivity contribution in [1.82, 2.24) is 0 Å². The molecule has 0 aliphatic heterocycles. The maximum Gasteiger partial charge on any atom is 1.00 e. The molecule has 0 spiro atoms. The van der Waals surface area contributed by atoms with Crippen molar-refractivity contribution in [2.75, 3.05) is 5.73 Å². The predicted octanol–water partition coefficient (Wildman–Crippen LogP) is -4.85. The van der Waals surface area contributed by atoms with Gasteiger partial charge in [0.05, 0.1) is 4.90 Å². The van der Waals surface area contributed by atoms with E-state index in [1.54, 1.807) is 0 Å². The molecule has 0 fully saturated rings. The van der Waals surface area contributed by atoms with E-state index in [-0.39, 0.29) is 78.4 Å². The summed E-state index contributed by atoms with van der Waals surface area (Å²) >= 11 is 0. The molecular weight excluding hydrogens is 340 g/mol. The number of benzene rings is 2. The fourth-order valence-electron chi connectivity index (χ4n) is 1.68. The van der Waals surface area contributed by atoms with Crippen LogP contribution in [0.15, 0.2) is 40.1 Å². The van der Waals surface area contributed by atoms with Crippen LogP contribution in [0, 0.1) is 0 Å². The van der Waals surface area contributed by atoms with Crippen molar-refractivity contribution in [2.45, 2.75) is 9.79 Å².